The van der Waals surface area contributed by atoms with Crippen LogP contribution in [0.3, 0.4) is 0 Å². The van der Waals surface area contributed by atoms with Gasteiger partial charge in [0.25, 0.3) is 0 Å². The molecular weight excluding hydrogens is 456 g/mol. The fraction of sp³-hybridized carbons (Fsp3) is 0.357. The number of carbonyl (C=O) groups excluding carboxylic acids is 1. The molecule has 186 valence electrons. The van der Waals surface area contributed by atoms with Crippen LogP contribution in [0, 0.1) is 5.92 Å². The minimum Gasteiger partial charge on any atom is -0.487 e. The summed E-state index contributed by atoms with van der Waals surface area (Å²) in [7, 11) is 0. The Balaban J connectivity index is 1.29. The number of carboxylic acids is 1. The lowest BCUT2D eigenvalue weighted by molar-refractivity contribution is -0.138. The van der Waals surface area contributed by atoms with Crippen LogP contribution in [-0.2, 0) is 4.79 Å². The standard InChI is InChI=1S/C28H30N4O4/c1-18-17-32(28(35)31-24-12-13-29-30-16-24)25-11-10-23(15-26(25)36-18)22-8-6-21(7-9-22)20-4-2-19(3-5-20)14-27(33)34/h6-13,15-16,18-20H,2-5,14,17H2,1H3,(H,33,34)(H,29,31,35). The van der Waals surface area contributed by atoms with Crippen LogP contribution in [-0.4, -0.2) is 40.0 Å². The minimum absolute atomic E-state index is 0.146. The second kappa shape index (κ2) is 10.4. The highest BCUT2D eigenvalue weighted by atomic mass is 16.5. The smallest absolute Gasteiger partial charge is 0.326 e. The van der Waals surface area contributed by atoms with Crippen molar-refractivity contribution in [3.63, 3.8) is 0 Å². The van der Waals surface area contributed by atoms with Crippen molar-refractivity contribution in [2.75, 3.05) is 16.8 Å². The number of anilines is 2. The van der Waals surface area contributed by atoms with Crippen molar-refractivity contribution < 1.29 is 19.4 Å². The lowest BCUT2D eigenvalue weighted by Gasteiger charge is -2.33. The Morgan fingerprint density at radius 1 is 1.03 bits per heavy atom. The summed E-state index contributed by atoms with van der Waals surface area (Å²) < 4.78 is 6.10. The van der Waals surface area contributed by atoms with Crippen molar-refractivity contribution in [2.45, 2.75) is 51.0 Å². The lowest BCUT2D eigenvalue weighted by Crippen LogP contribution is -2.44. The van der Waals surface area contributed by atoms with Gasteiger partial charge in [-0.2, -0.15) is 10.2 Å². The number of fused-ring (bicyclic) bond motifs is 1. The molecule has 8 nitrogen and oxygen atoms in total. The number of rotatable bonds is 5. The molecule has 0 spiro atoms. The predicted octanol–water partition coefficient (Wildman–Crippen LogP) is 5.71. The number of carbonyl (C=O) groups is 2. The highest BCUT2D eigenvalue weighted by Gasteiger charge is 2.28. The van der Waals surface area contributed by atoms with Crippen molar-refractivity contribution in [3.05, 3.63) is 66.5 Å². The average Bonchev–Trinajstić information content (AvgIpc) is 2.88. The lowest BCUT2D eigenvalue weighted by atomic mass is 9.77. The van der Waals surface area contributed by atoms with Gasteiger partial charge in [0.15, 0.2) is 0 Å². The van der Waals surface area contributed by atoms with Crippen molar-refractivity contribution in [2.24, 2.45) is 5.92 Å². The van der Waals surface area contributed by atoms with Gasteiger partial charge in [0.1, 0.15) is 11.9 Å². The van der Waals surface area contributed by atoms with Crippen LogP contribution >= 0.6 is 0 Å². The van der Waals surface area contributed by atoms with Gasteiger partial charge in [-0.1, -0.05) is 30.3 Å². The quantitative estimate of drug-likeness (QED) is 0.479. The molecule has 2 heterocycles. The molecule has 1 atom stereocenters. The highest BCUT2D eigenvalue weighted by molar-refractivity contribution is 6.03. The number of nitrogens with one attached hydrogen (secondary N) is 1. The molecule has 2 aromatic carbocycles. The number of amides is 2. The largest absolute Gasteiger partial charge is 0.487 e. The van der Waals surface area contributed by atoms with Crippen LogP contribution in [0.2, 0.25) is 0 Å². The Hall–Kier alpha value is -3.94. The number of aromatic nitrogens is 2. The van der Waals surface area contributed by atoms with E-state index in [0.717, 1.165) is 42.5 Å². The third kappa shape index (κ3) is 5.32. The molecule has 1 saturated carbocycles. The summed E-state index contributed by atoms with van der Waals surface area (Å²) in [6.45, 7) is 2.39. The van der Waals surface area contributed by atoms with Crippen molar-refractivity contribution >= 4 is 23.4 Å². The molecule has 0 radical (unpaired) electrons. The van der Waals surface area contributed by atoms with E-state index < -0.39 is 5.97 Å². The molecule has 36 heavy (non-hydrogen) atoms. The number of hydrogen-bond acceptors (Lipinski definition) is 5. The Morgan fingerprint density at radius 3 is 2.47 bits per heavy atom. The summed E-state index contributed by atoms with van der Waals surface area (Å²) in [5, 5.41) is 19.5. The summed E-state index contributed by atoms with van der Waals surface area (Å²) in [5.74, 6) is 0.773. The Kier molecular flexibility index (Phi) is 6.84. The van der Waals surface area contributed by atoms with Crippen LogP contribution < -0.4 is 15.0 Å². The summed E-state index contributed by atoms with van der Waals surface area (Å²) in [5.41, 5.74) is 4.73. The molecule has 0 saturated heterocycles. The first kappa shape index (κ1) is 23.8. The van der Waals surface area contributed by atoms with Gasteiger partial charge in [0.05, 0.1) is 30.3 Å². The fourth-order valence-corrected chi connectivity index (χ4v) is 5.26. The van der Waals surface area contributed by atoms with Crippen LogP contribution in [0.4, 0.5) is 16.2 Å². The molecule has 1 aliphatic heterocycles. The number of hydrogen-bond donors (Lipinski definition) is 2. The SMILES string of the molecule is CC1CN(C(=O)Nc2ccnnc2)c2ccc(-c3ccc(C4CCC(CC(=O)O)CC4)cc3)cc2O1. The number of urea groups is 1. The van der Waals surface area contributed by atoms with E-state index in [0.29, 0.717) is 29.8 Å². The number of ether oxygens (including phenoxy) is 1. The molecule has 0 bridgehead atoms. The normalized spacial score (nSPS) is 21.2. The molecule has 1 aliphatic carbocycles. The van der Waals surface area contributed by atoms with Gasteiger partial charge < -0.3 is 15.2 Å². The van der Waals surface area contributed by atoms with Gasteiger partial charge in [0.2, 0.25) is 0 Å². The Morgan fingerprint density at radius 2 is 1.78 bits per heavy atom. The summed E-state index contributed by atoms with van der Waals surface area (Å²) >= 11 is 0. The van der Waals surface area contributed by atoms with E-state index in [4.69, 9.17) is 9.84 Å². The van der Waals surface area contributed by atoms with E-state index in [9.17, 15) is 9.59 Å². The molecule has 2 N–H and O–H groups in total. The molecular formula is C28H30N4O4. The van der Waals surface area contributed by atoms with E-state index in [-0.39, 0.29) is 18.6 Å². The highest BCUT2D eigenvalue weighted by Crippen LogP contribution is 2.40. The van der Waals surface area contributed by atoms with Crippen LogP contribution in [0.25, 0.3) is 11.1 Å². The van der Waals surface area contributed by atoms with Crippen molar-refractivity contribution in [1.29, 1.82) is 0 Å². The first-order valence-corrected chi connectivity index (χ1v) is 12.4. The third-order valence-electron chi connectivity index (χ3n) is 7.12. The van der Waals surface area contributed by atoms with Crippen LogP contribution in [0.5, 0.6) is 5.75 Å². The van der Waals surface area contributed by atoms with Gasteiger partial charge >= 0.3 is 12.0 Å². The molecule has 1 fully saturated rings. The summed E-state index contributed by atoms with van der Waals surface area (Å²) in [6.07, 6.45) is 7.20. The van der Waals surface area contributed by atoms with Crippen molar-refractivity contribution in [1.82, 2.24) is 10.2 Å². The number of benzene rings is 2. The second-order valence-electron chi connectivity index (χ2n) is 9.72. The zero-order chi connectivity index (χ0) is 25.1. The Labute approximate surface area is 210 Å². The first-order chi connectivity index (χ1) is 17.5. The van der Waals surface area contributed by atoms with E-state index in [1.807, 2.05) is 25.1 Å². The maximum absolute atomic E-state index is 13.0. The maximum atomic E-state index is 13.0. The fourth-order valence-electron chi connectivity index (χ4n) is 5.26. The van der Waals surface area contributed by atoms with E-state index in [1.165, 1.54) is 18.0 Å². The van der Waals surface area contributed by atoms with Gasteiger partial charge in [0, 0.05) is 6.42 Å². The van der Waals surface area contributed by atoms with Gasteiger partial charge in [-0.25, -0.2) is 4.79 Å². The van der Waals surface area contributed by atoms with Gasteiger partial charge in [-0.05, 0) is 79.3 Å². The van der Waals surface area contributed by atoms with Crippen LogP contribution in [0.15, 0.2) is 60.9 Å². The molecule has 5 rings (SSSR count). The van der Waals surface area contributed by atoms with Gasteiger partial charge in [-0.3, -0.25) is 9.69 Å². The van der Waals surface area contributed by atoms with Crippen LogP contribution in [0.1, 0.15) is 50.5 Å². The number of aliphatic carboxylic acids is 1. The molecule has 1 aromatic heterocycles. The molecule has 2 aliphatic rings. The van der Waals surface area contributed by atoms with E-state index in [2.05, 4.69) is 39.8 Å². The number of nitrogens with zero attached hydrogens (tertiary/aromatic N) is 3. The predicted molar refractivity (Wildman–Crippen MR) is 137 cm³/mol. The molecule has 8 heteroatoms. The maximum Gasteiger partial charge on any atom is 0.326 e. The molecule has 3 aromatic rings. The minimum atomic E-state index is -0.693. The van der Waals surface area contributed by atoms with E-state index in [1.54, 1.807) is 11.0 Å². The Bertz CT molecular complexity index is 1220. The molecule has 2 amide bonds. The zero-order valence-electron chi connectivity index (χ0n) is 20.3. The third-order valence-corrected chi connectivity index (χ3v) is 7.12. The zero-order valence-corrected chi connectivity index (χ0v) is 20.3. The topological polar surface area (TPSA) is 105 Å². The van der Waals surface area contributed by atoms with Crippen molar-refractivity contribution in [3.8, 4) is 16.9 Å². The first-order valence-electron chi connectivity index (χ1n) is 12.4. The summed E-state index contributed by atoms with van der Waals surface area (Å²) in [4.78, 5) is 25.7. The molecule has 1 unspecified atom stereocenters. The average molecular weight is 487 g/mol. The monoisotopic (exact) mass is 486 g/mol. The second-order valence-corrected chi connectivity index (χ2v) is 9.72. The van der Waals surface area contributed by atoms with E-state index >= 15 is 0 Å². The number of carboxylic acid groups (broad SMARTS) is 1. The summed E-state index contributed by atoms with van der Waals surface area (Å²) in [6, 6.07) is 16.0. The van der Waals surface area contributed by atoms with Gasteiger partial charge in [-0.15, -0.1) is 0 Å².